The maximum absolute atomic E-state index is 12.4. The minimum absolute atomic E-state index is 0.00500. The van der Waals surface area contributed by atoms with E-state index in [0.29, 0.717) is 39.1 Å². The quantitative estimate of drug-likeness (QED) is 0.638. The summed E-state index contributed by atoms with van der Waals surface area (Å²) in [5.74, 6) is 0.723. The van der Waals surface area contributed by atoms with Crippen molar-refractivity contribution < 1.29 is 19.1 Å². The van der Waals surface area contributed by atoms with Crippen molar-refractivity contribution in [2.75, 3.05) is 31.1 Å². The van der Waals surface area contributed by atoms with Crippen LogP contribution in [0.3, 0.4) is 0 Å². The lowest BCUT2D eigenvalue weighted by Gasteiger charge is -2.31. The Balaban J connectivity index is 1.88. The highest BCUT2D eigenvalue weighted by atomic mass is 79.9. The molecule has 142 valence electrons. The molecule has 0 unspecified atom stereocenters. The maximum Gasteiger partial charge on any atom is 0.410 e. The lowest BCUT2D eigenvalue weighted by Crippen LogP contribution is -2.38. The fourth-order valence-corrected chi connectivity index (χ4v) is 4.12. The molecule has 7 heteroatoms. The lowest BCUT2D eigenvalue weighted by atomic mass is 10.0. The Morgan fingerprint density at radius 3 is 2.54 bits per heavy atom. The standard InChI is InChI=1S/C19H25BrN2O4/c1-12(23)22-9-10-25-17-15(22)11-13-5-7-21(8-6-14(13)16(17)20)18(24)26-19(2,3)4/h11H,5-10H2,1-4H3. The van der Waals surface area contributed by atoms with E-state index in [1.165, 1.54) is 0 Å². The minimum atomic E-state index is -0.508. The van der Waals surface area contributed by atoms with Crippen LogP contribution >= 0.6 is 15.9 Å². The fourth-order valence-electron chi connectivity index (χ4n) is 3.35. The summed E-state index contributed by atoms with van der Waals surface area (Å²) >= 11 is 3.67. The summed E-state index contributed by atoms with van der Waals surface area (Å²) in [5.41, 5.74) is 2.57. The number of hydrogen-bond acceptors (Lipinski definition) is 4. The second kappa shape index (κ2) is 7.10. The van der Waals surface area contributed by atoms with E-state index in [0.717, 1.165) is 27.0 Å². The summed E-state index contributed by atoms with van der Waals surface area (Å²) in [5, 5.41) is 0. The summed E-state index contributed by atoms with van der Waals surface area (Å²) in [6, 6.07) is 2.04. The Kier molecular flexibility index (Phi) is 5.19. The van der Waals surface area contributed by atoms with Crippen LogP contribution in [-0.4, -0.2) is 48.7 Å². The highest BCUT2D eigenvalue weighted by Crippen LogP contribution is 2.43. The molecule has 2 heterocycles. The third-order valence-electron chi connectivity index (χ3n) is 4.56. The van der Waals surface area contributed by atoms with E-state index in [1.807, 2.05) is 26.8 Å². The average molecular weight is 425 g/mol. The van der Waals surface area contributed by atoms with Gasteiger partial charge in [0.1, 0.15) is 12.2 Å². The number of carbonyl (C=O) groups is 2. The first-order valence-electron chi connectivity index (χ1n) is 8.90. The molecule has 2 amide bonds. The molecular weight excluding hydrogens is 400 g/mol. The third-order valence-corrected chi connectivity index (χ3v) is 5.40. The van der Waals surface area contributed by atoms with Crippen molar-refractivity contribution in [1.29, 1.82) is 0 Å². The van der Waals surface area contributed by atoms with Crippen LogP contribution in [-0.2, 0) is 22.4 Å². The van der Waals surface area contributed by atoms with Crippen LogP contribution < -0.4 is 9.64 Å². The van der Waals surface area contributed by atoms with E-state index in [1.54, 1.807) is 16.7 Å². The van der Waals surface area contributed by atoms with Gasteiger partial charge in [0.15, 0.2) is 5.75 Å². The number of halogens is 1. The van der Waals surface area contributed by atoms with Crippen LogP contribution in [0.15, 0.2) is 10.5 Å². The topological polar surface area (TPSA) is 59.1 Å². The number of fused-ring (bicyclic) bond motifs is 2. The molecule has 0 saturated heterocycles. The molecule has 0 spiro atoms. The van der Waals surface area contributed by atoms with Gasteiger partial charge < -0.3 is 19.3 Å². The summed E-state index contributed by atoms with van der Waals surface area (Å²) in [6.07, 6.45) is 1.14. The first-order valence-corrected chi connectivity index (χ1v) is 9.70. The summed E-state index contributed by atoms with van der Waals surface area (Å²) in [7, 11) is 0. The molecule has 6 nitrogen and oxygen atoms in total. The molecule has 0 fully saturated rings. The van der Waals surface area contributed by atoms with E-state index in [-0.39, 0.29) is 12.0 Å². The van der Waals surface area contributed by atoms with E-state index >= 15 is 0 Å². The van der Waals surface area contributed by atoms with Gasteiger partial charge in [0.25, 0.3) is 0 Å². The van der Waals surface area contributed by atoms with E-state index in [9.17, 15) is 9.59 Å². The number of rotatable bonds is 0. The van der Waals surface area contributed by atoms with Gasteiger partial charge in [-0.15, -0.1) is 0 Å². The molecule has 0 aromatic heterocycles. The van der Waals surface area contributed by atoms with Gasteiger partial charge in [-0.1, -0.05) is 0 Å². The second-order valence-corrected chi connectivity index (χ2v) is 8.46. The van der Waals surface area contributed by atoms with Crippen molar-refractivity contribution in [3.63, 3.8) is 0 Å². The number of hydrogen-bond donors (Lipinski definition) is 0. The van der Waals surface area contributed by atoms with Crippen LogP contribution in [0.25, 0.3) is 0 Å². The highest BCUT2D eigenvalue weighted by Gasteiger charge is 2.30. The first kappa shape index (κ1) is 19.0. The van der Waals surface area contributed by atoms with Crippen LogP contribution in [0.4, 0.5) is 10.5 Å². The van der Waals surface area contributed by atoms with Gasteiger partial charge in [-0.2, -0.15) is 0 Å². The largest absolute Gasteiger partial charge is 0.488 e. The van der Waals surface area contributed by atoms with Crippen LogP contribution in [0, 0.1) is 0 Å². The molecule has 0 N–H and O–H groups in total. The van der Waals surface area contributed by atoms with Gasteiger partial charge in [-0.05, 0) is 66.7 Å². The fraction of sp³-hybridized carbons (Fsp3) is 0.579. The van der Waals surface area contributed by atoms with Crippen molar-refractivity contribution in [2.24, 2.45) is 0 Å². The van der Waals surface area contributed by atoms with Gasteiger partial charge in [-0.3, -0.25) is 4.79 Å². The number of benzene rings is 1. The van der Waals surface area contributed by atoms with Crippen LogP contribution in [0.5, 0.6) is 5.75 Å². The van der Waals surface area contributed by atoms with Crippen molar-refractivity contribution in [1.82, 2.24) is 4.90 Å². The lowest BCUT2D eigenvalue weighted by molar-refractivity contribution is -0.116. The van der Waals surface area contributed by atoms with Gasteiger partial charge in [0, 0.05) is 20.0 Å². The zero-order valence-corrected chi connectivity index (χ0v) is 17.3. The number of carbonyl (C=O) groups excluding carboxylic acids is 2. The Morgan fingerprint density at radius 2 is 1.88 bits per heavy atom. The van der Waals surface area contributed by atoms with Gasteiger partial charge >= 0.3 is 6.09 Å². The summed E-state index contributed by atoms with van der Waals surface area (Å²) in [4.78, 5) is 27.9. The second-order valence-electron chi connectivity index (χ2n) is 7.66. The van der Waals surface area contributed by atoms with Crippen molar-refractivity contribution in [3.05, 3.63) is 21.7 Å². The number of anilines is 1. The zero-order valence-electron chi connectivity index (χ0n) is 15.7. The number of ether oxygens (including phenoxy) is 2. The first-order chi connectivity index (χ1) is 12.2. The number of nitrogens with zero attached hydrogens (tertiary/aromatic N) is 2. The number of amides is 2. The normalized spacial score (nSPS) is 17.0. The molecule has 26 heavy (non-hydrogen) atoms. The molecule has 0 radical (unpaired) electrons. The smallest absolute Gasteiger partial charge is 0.410 e. The Morgan fingerprint density at radius 1 is 1.19 bits per heavy atom. The SMILES string of the molecule is CC(=O)N1CCOc2c1cc1c(c2Br)CCN(C(=O)OC(C)(C)C)CC1. The van der Waals surface area contributed by atoms with Crippen molar-refractivity contribution in [2.45, 2.75) is 46.1 Å². The predicted molar refractivity (Wildman–Crippen MR) is 103 cm³/mol. The van der Waals surface area contributed by atoms with Gasteiger partial charge in [-0.25, -0.2) is 4.79 Å². The highest BCUT2D eigenvalue weighted by molar-refractivity contribution is 9.10. The molecular formula is C19H25BrN2O4. The molecule has 0 saturated carbocycles. The Hall–Kier alpha value is -1.76. The average Bonchev–Trinajstić information content (AvgIpc) is 2.76. The monoisotopic (exact) mass is 424 g/mol. The molecule has 3 rings (SSSR count). The minimum Gasteiger partial charge on any atom is -0.488 e. The summed E-state index contributed by atoms with van der Waals surface area (Å²) in [6.45, 7) is 9.40. The molecule has 0 bridgehead atoms. The van der Waals surface area contributed by atoms with Crippen LogP contribution in [0.1, 0.15) is 38.8 Å². The van der Waals surface area contributed by atoms with Crippen molar-refractivity contribution >= 4 is 33.6 Å². The molecule has 1 aromatic rings. The maximum atomic E-state index is 12.4. The molecule has 0 atom stereocenters. The molecule has 2 aliphatic rings. The molecule has 0 aliphatic carbocycles. The Bertz CT molecular complexity index is 742. The summed E-state index contributed by atoms with van der Waals surface area (Å²) < 4.78 is 12.2. The molecule has 1 aromatic carbocycles. The van der Waals surface area contributed by atoms with Crippen LogP contribution in [0.2, 0.25) is 0 Å². The predicted octanol–water partition coefficient (Wildman–Crippen LogP) is 3.53. The van der Waals surface area contributed by atoms with Gasteiger partial charge in [0.05, 0.1) is 16.7 Å². The molecule has 2 aliphatic heterocycles. The third kappa shape index (κ3) is 3.82. The van der Waals surface area contributed by atoms with E-state index < -0.39 is 5.60 Å². The van der Waals surface area contributed by atoms with E-state index in [4.69, 9.17) is 9.47 Å². The van der Waals surface area contributed by atoms with Crippen molar-refractivity contribution in [3.8, 4) is 5.75 Å². The zero-order chi connectivity index (χ0) is 19.1. The van der Waals surface area contributed by atoms with Gasteiger partial charge in [0.2, 0.25) is 5.91 Å². The Labute approximate surface area is 162 Å². The van der Waals surface area contributed by atoms with E-state index in [2.05, 4.69) is 15.9 Å².